The molecular weight excluding hydrogens is 176 g/mol. The summed E-state index contributed by atoms with van der Waals surface area (Å²) in [4.78, 5) is 21.0. The van der Waals surface area contributed by atoms with Gasteiger partial charge in [-0.15, -0.1) is 0 Å². The van der Waals surface area contributed by atoms with Gasteiger partial charge in [0.1, 0.15) is 0 Å². The fourth-order valence-corrected chi connectivity index (χ4v) is 1.15. The normalized spacial score (nSPS) is 15.4. The zero-order chi connectivity index (χ0) is 10.6. The van der Waals surface area contributed by atoms with E-state index in [-0.39, 0.29) is 0 Å². The average Bonchev–Trinajstić information content (AvgIpc) is 2.01. The molecule has 5 heteroatoms. The summed E-state index contributed by atoms with van der Waals surface area (Å²) in [5, 5.41) is 26.4. The largest absolute Gasteiger partial charge is 0.481 e. The number of carboxylic acid groups (broad SMARTS) is 2. The molecule has 3 N–H and O–H groups in total. The highest BCUT2D eigenvalue weighted by Crippen LogP contribution is 2.18. The number of aliphatic carboxylic acids is 2. The van der Waals surface area contributed by atoms with Gasteiger partial charge in [0.15, 0.2) is 5.92 Å². The Morgan fingerprint density at radius 2 is 1.62 bits per heavy atom. The molecule has 0 aliphatic heterocycles. The van der Waals surface area contributed by atoms with Gasteiger partial charge in [-0.05, 0) is 6.42 Å². The van der Waals surface area contributed by atoms with Crippen LogP contribution >= 0.6 is 0 Å². The van der Waals surface area contributed by atoms with Crippen LogP contribution in [0.25, 0.3) is 0 Å². The summed E-state index contributed by atoms with van der Waals surface area (Å²) < 4.78 is 0. The molecule has 0 aliphatic carbocycles. The standard InChI is InChI=1S/C8H14O5/c1-3-5(9)4(2)6(7(10)11)8(12)13/h4-6,9H,3H2,1-2H3,(H,10,11)(H,12,13). The first-order valence-electron chi connectivity index (χ1n) is 4.05. The molecule has 0 fully saturated rings. The van der Waals surface area contributed by atoms with Crippen LogP contribution in [0.3, 0.4) is 0 Å². The van der Waals surface area contributed by atoms with E-state index in [0.29, 0.717) is 6.42 Å². The molecule has 0 aromatic heterocycles. The Bertz CT molecular complexity index is 187. The van der Waals surface area contributed by atoms with E-state index in [0.717, 1.165) is 0 Å². The summed E-state index contributed by atoms with van der Waals surface area (Å²) in [7, 11) is 0. The maximum atomic E-state index is 10.5. The Hall–Kier alpha value is -1.10. The van der Waals surface area contributed by atoms with Crippen LogP contribution in [0, 0.1) is 11.8 Å². The Kier molecular flexibility index (Phi) is 4.40. The molecule has 76 valence electrons. The molecule has 2 atom stereocenters. The summed E-state index contributed by atoms with van der Waals surface area (Å²) in [5.41, 5.74) is 0. The number of carbonyl (C=O) groups is 2. The van der Waals surface area contributed by atoms with E-state index in [2.05, 4.69) is 0 Å². The van der Waals surface area contributed by atoms with Gasteiger partial charge in [0.05, 0.1) is 6.10 Å². The number of hydrogen-bond acceptors (Lipinski definition) is 3. The van der Waals surface area contributed by atoms with E-state index in [1.165, 1.54) is 6.92 Å². The van der Waals surface area contributed by atoms with Gasteiger partial charge in [-0.1, -0.05) is 13.8 Å². The van der Waals surface area contributed by atoms with Crippen molar-refractivity contribution in [2.24, 2.45) is 11.8 Å². The van der Waals surface area contributed by atoms with Gasteiger partial charge in [-0.3, -0.25) is 9.59 Å². The van der Waals surface area contributed by atoms with Crippen molar-refractivity contribution in [2.75, 3.05) is 0 Å². The molecule has 0 spiro atoms. The quantitative estimate of drug-likeness (QED) is 0.537. The molecule has 0 saturated carbocycles. The molecule has 0 amide bonds. The number of rotatable bonds is 5. The van der Waals surface area contributed by atoms with Crippen LogP contribution in [0.2, 0.25) is 0 Å². The van der Waals surface area contributed by atoms with Crippen LogP contribution in [-0.2, 0) is 9.59 Å². The summed E-state index contributed by atoms with van der Waals surface area (Å²) in [6.07, 6.45) is -0.546. The van der Waals surface area contributed by atoms with Crippen LogP contribution in [0.4, 0.5) is 0 Å². The lowest BCUT2D eigenvalue weighted by Crippen LogP contribution is -2.36. The van der Waals surface area contributed by atoms with Gasteiger partial charge >= 0.3 is 11.9 Å². The lowest BCUT2D eigenvalue weighted by molar-refractivity contribution is -0.159. The van der Waals surface area contributed by atoms with Crippen molar-refractivity contribution in [1.82, 2.24) is 0 Å². The Labute approximate surface area is 76.0 Å². The van der Waals surface area contributed by atoms with E-state index in [1.54, 1.807) is 6.92 Å². The first-order valence-corrected chi connectivity index (χ1v) is 4.05. The van der Waals surface area contributed by atoms with Crippen molar-refractivity contribution in [1.29, 1.82) is 0 Å². The van der Waals surface area contributed by atoms with Gasteiger partial charge in [-0.25, -0.2) is 0 Å². The second kappa shape index (κ2) is 4.81. The number of aliphatic hydroxyl groups is 1. The van der Waals surface area contributed by atoms with Crippen LogP contribution in [0.1, 0.15) is 20.3 Å². The molecule has 0 rings (SSSR count). The van der Waals surface area contributed by atoms with E-state index in [4.69, 9.17) is 10.2 Å². The van der Waals surface area contributed by atoms with Crippen LogP contribution in [0.15, 0.2) is 0 Å². The fraction of sp³-hybridized carbons (Fsp3) is 0.750. The Morgan fingerprint density at radius 3 is 1.85 bits per heavy atom. The van der Waals surface area contributed by atoms with Crippen LogP contribution < -0.4 is 0 Å². The maximum Gasteiger partial charge on any atom is 0.318 e. The predicted octanol–water partition coefficient (Wildman–Crippen LogP) is 0.179. The topological polar surface area (TPSA) is 94.8 Å². The van der Waals surface area contributed by atoms with E-state index < -0.39 is 29.9 Å². The molecule has 0 heterocycles. The van der Waals surface area contributed by atoms with Crippen molar-refractivity contribution >= 4 is 11.9 Å². The molecule has 0 aliphatic rings. The molecule has 0 aromatic carbocycles. The zero-order valence-electron chi connectivity index (χ0n) is 7.60. The van der Waals surface area contributed by atoms with E-state index >= 15 is 0 Å². The molecule has 5 nitrogen and oxygen atoms in total. The van der Waals surface area contributed by atoms with Gasteiger partial charge in [0.2, 0.25) is 0 Å². The van der Waals surface area contributed by atoms with Crippen molar-refractivity contribution in [3.05, 3.63) is 0 Å². The molecule has 2 unspecified atom stereocenters. The summed E-state index contributed by atoms with van der Waals surface area (Å²) >= 11 is 0. The van der Waals surface area contributed by atoms with Crippen molar-refractivity contribution in [2.45, 2.75) is 26.4 Å². The smallest absolute Gasteiger partial charge is 0.318 e. The van der Waals surface area contributed by atoms with Gasteiger partial charge in [-0.2, -0.15) is 0 Å². The van der Waals surface area contributed by atoms with Crippen molar-refractivity contribution in [3.63, 3.8) is 0 Å². The summed E-state index contributed by atoms with van der Waals surface area (Å²) in [6, 6.07) is 0. The third kappa shape index (κ3) is 3.02. The predicted molar refractivity (Wildman–Crippen MR) is 44.2 cm³/mol. The first kappa shape index (κ1) is 11.9. The summed E-state index contributed by atoms with van der Waals surface area (Å²) in [5.74, 6) is -5.13. The SMILES string of the molecule is CCC(O)C(C)C(C(=O)O)C(=O)O. The number of carboxylic acids is 2. The summed E-state index contributed by atoms with van der Waals surface area (Å²) in [6.45, 7) is 3.09. The van der Waals surface area contributed by atoms with Crippen molar-refractivity contribution in [3.8, 4) is 0 Å². The molecular formula is C8H14O5. The molecule has 0 bridgehead atoms. The number of hydrogen-bond donors (Lipinski definition) is 3. The second-order valence-corrected chi connectivity index (χ2v) is 2.99. The lowest BCUT2D eigenvalue weighted by Gasteiger charge is -2.20. The molecule has 0 aromatic rings. The van der Waals surface area contributed by atoms with Gasteiger partial charge in [0, 0.05) is 5.92 Å². The Morgan fingerprint density at radius 1 is 1.23 bits per heavy atom. The average molecular weight is 190 g/mol. The van der Waals surface area contributed by atoms with Crippen molar-refractivity contribution < 1.29 is 24.9 Å². The fourth-order valence-electron chi connectivity index (χ4n) is 1.15. The second-order valence-electron chi connectivity index (χ2n) is 2.99. The molecule has 0 saturated heterocycles. The highest BCUT2D eigenvalue weighted by atomic mass is 16.4. The zero-order valence-corrected chi connectivity index (χ0v) is 7.60. The van der Waals surface area contributed by atoms with E-state index in [1.807, 2.05) is 0 Å². The minimum Gasteiger partial charge on any atom is -0.481 e. The number of aliphatic hydroxyl groups excluding tert-OH is 1. The first-order chi connectivity index (χ1) is 5.91. The third-order valence-corrected chi connectivity index (χ3v) is 2.08. The Balaban J connectivity index is 4.55. The minimum absolute atomic E-state index is 0.345. The van der Waals surface area contributed by atoms with E-state index in [9.17, 15) is 14.7 Å². The highest BCUT2D eigenvalue weighted by Gasteiger charge is 2.35. The molecule has 0 radical (unpaired) electrons. The monoisotopic (exact) mass is 190 g/mol. The lowest BCUT2D eigenvalue weighted by atomic mass is 9.88. The highest BCUT2D eigenvalue weighted by molar-refractivity contribution is 5.93. The maximum absolute atomic E-state index is 10.5. The van der Waals surface area contributed by atoms with Gasteiger partial charge < -0.3 is 15.3 Å². The third-order valence-electron chi connectivity index (χ3n) is 2.08. The minimum atomic E-state index is -1.53. The van der Waals surface area contributed by atoms with Crippen LogP contribution in [-0.4, -0.2) is 33.4 Å². The molecule has 13 heavy (non-hydrogen) atoms. The van der Waals surface area contributed by atoms with Gasteiger partial charge in [0.25, 0.3) is 0 Å². The van der Waals surface area contributed by atoms with Crippen LogP contribution in [0.5, 0.6) is 0 Å².